The molecule has 0 radical (unpaired) electrons. The summed E-state index contributed by atoms with van der Waals surface area (Å²) in [5.41, 5.74) is 4.08. The van der Waals surface area contributed by atoms with Crippen LogP contribution in [0.25, 0.3) is 11.5 Å². The van der Waals surface area contributed by atoms with Gasteiger partial charge < -0.3 is 14.8 Å². The zero-order valence-corrected chi connectivity index (χ0v) is 19.0. The molecule has 172 valence electrons. The second-order valence-corrected chi connectivity index (χ2v) is 8.91. The first-order valence-corrected chi connectivity index (χ1v) is 11.9. The van der Waals surface area contributed by atoms with Gasteiger partial charge in [-0.1, -0.05) is 61.7 Å². The van der Waals surface area contributed by atoms with Gasteiger partial charge in [-0.25, -0.2) is 4.98 Å². The van der Waals surface area contributed by atoms with Gasteiger partial charge >= 0.3 is 0 Å². The van der Waals surface area contributed by atoms with E-state index in [9.17, 15) is 9.90 Å². The number of oxazole rings is 1. The fraction of sp³-hybridized carbons (Fsp3) is 0.241. The van der Waals surface area contributed by atoms with Crippen LogP contribution in [0, 0.1) is 0 Å². The molecule has 0 spiro atoms. The number of nitrogens with zero attached hydrogens (tertiary/aromatic N) is 1. The molecule has 1 amide bonds. The second-order valence-electron chi connectivity index (χ2n) is 8.91. The Morgan fingerprint density at radius 3 is 2.32 bits per heavy atom. The molecule has 2 N–H and O–H groups in total. The average Bonchev–Trinajstić information content (AvgIpc) is 3.31. The second kappa shape index (κ2) is 9.96. The Bertz CT molecular complexity index is 1240. The number of rotatable bonds is 6. The molecular formula is C29H28N2O3. The van der Waals surface area contributed by atoms with Crippen LogP contribution in [0.4, 0.5) is 5.69 Å². The van der Waals surface area contributed by atoms with Gasteiger partial charge in [-0.2, -0.15) is 0 Å². The van der Waals surface area contributed by atoms with Crippen LogP contribution in [0.1, 0.15) is 65.4 Å². The van der Waals surface area contributed by atoms with E-state index in [2.05, 4.69) is 22.4 Å². The number of carbonyl (C=O) groups is 1. The van der Waals surface area contributed by atoms with Gasteiger partial charge in [0.15, 0.2) is 5.69 Å². The number of anilines is 1. The molecule has 0 saturated heterocycles. The van der Waals surface area contributed by atoms with Crippen molar-refractivity contribution in [3.05, 3.63) is 101 Å². The molecule has 34 heavy (non-hydrogen) atoms. The van der Waals surface area contributed by atoms with Crippen LogP contribution >= 0.6 is 0 Å². The highest BCUT2D eigenvalue weighted by atomic mass is 16.4. The summed E-state index contributed by atoms with van der Waals surface area (Å²) in [7, 11) is 0. The number of nitrogens with one attached hydrogen (secondary N) is 1. The summed E-state index contributed by atoms with van der Waals surface area (Å²) in [6, 6.07) is 24.6. The molecule has 1 heterocycles. The maximum Gasteiger partial charge on any atom is 0.277 e. The topological polar surface area (TPSA) is 75.4 Å². The molecule has 5 rings (SSSR count). The van der Waals surface area contributed by atoms with Crippen molar-refractivity contribution in [3.8, 4) is 17.2 Å². The van der Waals surface area contributed by atoms with Crippen LogP contribution in [0.15, 0.2) is 83.3 Å². The number of aromatic hydroxyl groups is 1. The van der Waals surface area contributed by atoms with Crippen LogP contribution in [0.5, 0.6) is 5.75 Å². The molecule has 0 atom stereocenters. The lowest BCUT2D eigenvalue weighted by molar-refractivity contribution is 0.102. The zero-order chi connectivity index (χ0) is 23.3. The summed E-state index contributed by atoms with van der Waals surface area (Å²) in [6.07, 6.45) is 6.80. The standard InChI is InChI=1S/C29H28N2O3/c32-25-17-11-20(12-18-25)19-26-27(31-29(34-26)23-9-5-2-6-10-23)28(33)30-24-15-13-22(14-16-24)21-7-3-1-4-8-21/h2,5-6,9-18,21,32H,1,3-4,7-8,19H2,(H,30,33). The molecule has 3 aromatic carbocycles. The van der Waals surface area contributed by atoms with Gasteiger partial charge in [0.25, 0.3) is 5.91 Å². The van der Waals surface area contributed by atoms with Gasteiger partial charge in [-0.3, -0.25) is 4.79 Å². The third-order valence-corrected chi connectivity index (χ3v) is 6.48. The van der Waals surface area contributed by atoms with Gasteiger partial charge in [-0.15, -0.1) is 0 Å². The Morgan fingerprint density at radius 2 is 1.62 bits per heavy atom. The minimum absolute atomic E-state index is 0.195. The number of phenols is 1. The number of benzene rings is 3. The molecule has 0 aliphatic heterocycles. The lowest BCUT2D eigenvalue weighted by atomic mass is 9.84. The highest BCUT2D eigenvalue weighted by molar-refractivity contribution is 6.04. The van der Waals surface area contributed by atoms with Crippen molar-refractivity contribution in [2.45, 2.75) is 44.4 Å². The summed E-state index contributed by atoms with van der Waals surface area (Å²) in [5, 5.41) is 12.6. The summed E-state index contributed by atoms with van der Waals surface area (Å²) in [6.45, 7) is 0. The fourth-order valence-electron chi connectivity index (χ4n) is 4.62. The molecule has 5 nitrogen and oxygen atoms in total. The maximum atomic E-state index is 13.2. The SMILES string of the molecule is O=C(Nc1ccc(C2CCCCC2)cc1)c1nc(-c2ccccc2)oc1Cc1ccc(O)cc1. The zero-order valence-electron chi connectivity index (χ0n) is 19.0. The predicted molar refractivity (Wildman–Crippen MR) is 133 cm³/mol. The van der Waals surface area contributed by atoms with E-state index in [-0.39, 0.29) is 17.4 Å². The van der Waals surface area contributed by atoms with Gasteiger partial charge in [0.05, 0.1) is 0 Å². The number of amides is 1. The van der Waals surface area contributed by atoms with Crippen molar-refractivity contribution in [3.63, 3.8) is 0 Å². The van der Waals surface area contributed by atoms with Gasteiger partial charge in [-0.05, 0) is 66.3 Å². The van der Waals surface area contributed by atoms with Crippen molar-refractivity contribution >= 4 is 11.6 Å². The maximum absolute atomic E-state index is 13.2. The Labute approximate surface area is 199 Å². The monoisotopic (exact) mass is 452 g/mol. The van der Waals surface area contributed by atoms with Gasteiger partial charge in [0.1, 0.15) is 11.5 Å². The third kappa shape index (κ3) is 5.04. The Morgan fingerprint density at radius 1 is 0.912 bits per heavy atom. The molecule has 1 saturated carbocycles. The lowest BCUT2D eigenvalue weighted by Crippen LogP contribution is -2.14. The first kappa shape index (κ1) is 22.0. The predicted octanol–water partition coefficient (Wildman–Crippen LogP) is 6.94. The van der Waals surface area contributed by atoms with Crippen LogP contribution < -0.4 is 5.32 Å². The van der Waals surface area contributed by atoms with E-state index >= 15 is 0 Å². The molecule has 5 heteroatoms. The summed E-state index contributed by atoms with van der Waals surface area (Å²) >= 11 is 0. The van der Waals surface area contributed by atoms with Crippen molar-refractivity contribution in [1.82, 2.24) is 4.98 Å². The largest absolute Gasteiger partial charge is 0.508 e. The van der Waals surface area contributed by atoms with E-state index in [0.29, 0.717) is 24.0 Å². The first-order chi connectivity index (χ1) is 16.7. The van der Waals surface area contributed by atoms with Crippen LogP contribution in [-0.4, -0.2) is 16.0 Å². The summed E-state index contributed by atoms with van der Waals surface area (Å²) < 4.78 is 6.06. The molecular weight excluding hydrogens is 424 g/mol. The van der Waals surface area contributed by atoms with Crippen molar-refractivity contribution in [1.29, 1.82) is 0 Å². The molecule has 1 aliphatic rings. The first-order valence-electron chi connectivity index (χ1n) is 11.9. The third-order valence-electron chi connectivity index (χ3n) is 6.48. The van der Waals surface area contributed by atoms with E-state index in [1.165, 1.54) is 37.7 Å². The van der Waals surface area contributed by atoms with E-state index < -0.39 is 0 Å². The minimum Gasteiger partial charge on any atom is -0.508 e. The average molecular weight is 453 g/mol. The fourth-order valence-corrected chi connectivity index (χ4v) is 4.62. The van der Waals surface area contributed by atoms with Crippen LogP contribution in [0.3, 0.4) is 0 Å². The highest BCUT2D eigenvalue weighted by Gasteiger charge is 2.22. The smallest absolute Gasteiger partial charge is 0.277 e. The van der Waals surface area contributed by atoms with E-state index in [1.54, 1.807) is 12.1 Å². The minimum atomic E-state index is -0.301. The van der Waals surface area contributed by atoms with Crippen LogP contribution in [-0.2, 0) is 6.42 Å². The number of phenolic OH excluding ortho intramolecular Hbond substituents is 1. The van der Waals surface area contributed by atoms with Crippen molar-refractivity contribution < 1.29 is 14.3 Å². The van der Waals surface area contributed by atoms with Crippen molar-refractivity contribution in [2.75, 3.05) is 5.32 Å². The Kier molecular flexibility index (Phi) is 6.43. The van der Waals surface area contributed by atoms with Crippen LogP contribution in [0.2, 0.25) is 0 Å². The van der Waals surface area contributed by atoms with Gasteiger partial charge in [0.2, 0.25) is 5.89 Å². The molecule has 1 fully saturated rings. The molecule has 1 aliphatic carbocycles. The summed E-state index contributed by atoms with van der Waals surface area (Å²) in [4.78, 5) is 17.8. The molecule has 4 aromatic rings. The molecule has 0 unspecified atom stereocenters. The lowest BCUT2D eigenvalue weighted by Gasteiger charge is -2.22. The number of carbonyl (C=O) groups excluding carboxylic acids is 1. The highest BCUT2D eigenvalue weighted by Crippen LogP contribution is 2.33. The number of hydrogen-bond donors (Lipinski definition) is 2. The Hall–Kier alpha value is -3.86. The van der Waals surface area contributed by atoms with Gasteiger partial charge in [0, 0.05) is 17.7 Å². The Balaban J connectivity index is 1.38. The van der Waals surface area contributed by atoms with Crippen molar-refractivity contribution in [2.24, 2.45) is 0 Å². The van der Waals surface area contributed by atoms with E-state index in [1.807, 2.05) is 54.6 Å². The number of hydrogen-bond acceptors (Lipinski definition) is 4. The van der Waals surface area contributed by atoms with E-state index in [0.717, 1.165) is 16.8 Å². The quantitative estimate of drug-likeness (QED) is 0.332. The normalized spacial score (nSPS) is 14.1. The molecule has 0 bridgehead atoms. The van der Waals surface area contributed by atoms with E-state index in [4.69, 9.17) is 4.42 Å². The molecule has 1 aromatic heterocycles. The number of aromatic nitrogens is 1. The summed E-state index contributed by atoms with van der Waals surface area (Å²) in [5.74, 6) is 1.42.